The number of hydrogen-bond acceptors (Lipinski definition) is 4. The molecule has 6 aromatic carbocycles. The zero-order valence-electron chi connectivity index (χ0n) is 42.7. The Morgan fingerprint density at radius 3 is 1.97 bits per heavy atom. The van der Waals surface area contributed by atoms with Crippen molar-refractivity contribution in [3.05, 3.63) is 185 Å². The summed E-state index contributed by atoms with van der Waals surface area (Å²) in [5, 5.41) is 3.54. The summed E-state index contributed by atoms with van der Waals surface area (Å²) in [4.78, 5) is 15.1. The van der Waals surface area contributed by atoms with Crippen molar-refractivity contribution in [3.8, 4) is 50.7 Å². The van der Waals surface area contributed by atoms with E-state index in [0.717, 1.165) is 73.3 Å². The molecule has 0 saturated carbocycles. The molecule has 0 atom stereocenters. The summed E-state index contributed by atoms with van der Waals surface area (Å²) >= 11 is 0. The smallest absolute Gasteiger partial charge is 0.216 e. The molecule has 4 aromatic heterocycles. The molecule has 70 heavy (non-hydrogen) atoms. The Kier molecular flexibility index (Phi) is 14.8. The third-order valence-electron chi connectivity index (χ3n) is 13.3. The van der Waals surface area contributed by atoms with Crippen molar-refractivity contribution in [2.45, 2.75) is 100 Å². The first-order valence-electron chi connectivity index (χ1n) is 24.6. The molecular formula is C63H64IrN4OSi-2. The van der Waals surface area contributed by atoms with Crippen molar-refractivity contribution in [2.24, 2.45) is 5.92 Å². The van der Waals surface area contributed by atoms with Crippen molar-refractivity contribution in [1.29, 1.82) is 0 Å². The third kappa shape index (κ3) is 9.90. The number of benzene rings is 6. The van der Waals surface area contributed by atoms with E-state index in [0.29, 0.717) is 11.6 Å². The van der Waals surface area contributed by atoms with E-state index in [1.165, 1.54) is 49.8 Å². The topological polar surface area (TPSA) is 56.7 Å². The van der Waals surface area contributed by atoms with Gasteiger partial charge in [0.2, 0.25) is 5.71 Å². The summed E-state index contributed by atoms with van der Waals surface area (Å²) in [5.41, 5.74) is 19.6. The van der Waals surface area contributed by atoms with Crippen molar-refractivity contribution >= 4 is 46.4 Å². The molecule has 0 aliphatic rings. The summed E-state index contributed by atoms with van der Waals surface area (Å²) < 4.78 is 9.14. The molecule has 0 saturated heterocycles. The molecule has 0 bridgehead atoms. The zero-order valence-corrected chi connectivity index (χ0v) is 46.1. The van der Waals surface area contributed by atoms with Crippen LogP contribution in [-0.2, 0) is 26.5 Å². The number of hydrogen-bond donors (Lipinski definition) is 0. The summed E-state index contributed by atoms with van der Waals surface area (Å²) in [7, 11) is -1.34. The first kappa shape index (κ1) is 50.2. The minimum Gasteiger partial charge on any atom is -0.486 e. The van der Waals surface area contributed by atoms with E-state index in [9.17, 15) is 0 Å². The number of pyridine rings is 2. The quantitative estimate of drug-likeness (QED) is 0.101. The van der Waals surface area contributed by atoms with Crippen molar-refractivity contribution < 1.29 is 24.5 Å². The van der Waals surface area contributed by atoms with Gasteiger partial charge in [-0.05, 0) is 119 Å². The summed E-state index contributed by atoms with van der Waals surface area (Å²) in [6.45, 7) is 27.3. The van der Waals surface area contributed by atoms with E-state index in [2.05, 4.69) is 225 Å². The molecule has 0 amide bonds. The molecule has 0 aliphatic heterocycles. The number of aryl methyl sites for hydroxylation is 3. The largest absolute Gasteiger partial charge is 0.486 e. The Balaban J connectivity index is 0.000000264. The second kappa shape index (κ2) is 20.6. The monoisotopic (exact) mass is 1110 g/mol. The number of furan rings is 1. The third-order valence-corrected chi connectivity index (χ3v) is 15.4. The summed E-state index contributed by atoms with van der Waals surface area (Å²) in [5.74, 6) is 2.02. The van der Waals surface area contributed by atoms with Gasteiger partial charge in [0.1, 0.15) is 0 Å². The Hall–Kier alpha value is -6.24. The van der Waals surface area contributed by atoms with E-state index in [1.54, 1.807) is 0 Å². The maximum atomic E-state index is 6.78. The van der Waals surface area contributed by atoms with Crippen LogP contribution in [-0.4, -0.2) is 27.6 Å². The molecule has 0 spiro atoms. The molecule has 5 nitrogen and oxygen atoms in total. The fourth-order valence-electron chi connectivity index (χ4n) is 9.90. The Labute approximate surface area is 429 Å². The molecule has 10 rings (SSSR count). The zero-order chi connectivity index (χ0) is 48.7. The van der Waals surface area contributed by atoms with E-state index < -0.39 is 8.07 Å². The van der Waals surface area contributed by atoms with Crippen LogP contribution in [0.5, 0.6) is 0 Å². The van der Waals surface area contributed by atoms with Gasteiger partial charge in [-0.15, -0.1) is 53.6 Å². The van der Waals surface area contributed by atoms with Crippen LogP contribution in [0.3, 0.4) is 0 Å². The molecule has 10 aromatic rings. The van der Waals surface area contributed by atoms with Crippen LogP contribution in [0.2, 0.25) is 19.6 Å². The summed E-state index contributed by atoms with van der Waals surface area (Å²) in [6.07, 6.45) is 3.24. The second-order valence-electron chi connectivity index (χ2n) is 20.8. The number of imidazole rings is 1. The van der Waals surface area contributed by atoms with Crippen LogP contribution in [0.15, 0.2) is 144 Å². The fourth-order valence-corrected chi connectivity index (χ4v) is 11.5. The van der Waals surface area contributed by atoms with Crippen LogP contribution in [0.1, 0.15) is 86.8 Å². The minimum atomic E-state index is -1.34. The van der Waals surface area contributed by atoms with Gasteiger partial charge in [-0.2, -0.15) is 0 Å². The van der Waals surface area contributed by atoms with Gasteiger partial charge in [-0.1, -0.05) is 151 Å². The average molecular weight is 1110 g/mol. The molecule has 357 valence electrons. The van der Waals surface area contributed by atoms with E-state index in [-0.39, 0.29) is 31.9 Å². The first-order valence-corrected chi connectivity index (χ1v) is 28.1. The van der Waals surface area contributed by atoms with Crippen molar-refractivity contribution in [1.82, 2.24) is 19.5 Å². The molecule has 0 aliphatic carbocycles. The molecular weight excluding hydrogens is 1050 g/mol. The predicted molar refractivity (Wildman–Crippen MR) is 294 cm³/mol. The fraction of sp³-hybridized carbons (Fsp3) is 0.254. The average Bonchev–Trinajstić information content (AvgIpc) is 3.91. The van der Waals surface area contributed by atoms with E-state index >= 15 is 0 Å². The predicted octanol–water partition coefficient (Wildman–Crippen LogP) is 16.6. The number of aromatic nitrogens is 4. The standard InChI is InChI=1S/C45H40N3O.C18H24NSi.Ir/c1-26(2)35-24-32(31-16-9-8-10-17-31)25-36(27(3)4)42(35)48-39-19-12-11-18-37(39)46-44(48)34-21-20-30(7)41-33-22-23-38(47-45(33)49-43(34)41)40-28(5)14-13-15-29(40)6;1-14(2)11-16-12-17(15-9-7-6-8-10-15)19-13-18(16)20(3,4)5;/h8-20,22-27H,1-7H3;6-9,12-14H,11H2,1-5H3;/q2*-1;. The molecule has 4 heterocycles. The number of rotatable bonds is 10. The Morgan fingerprint density at radius 2 is 1.33 bits per heavy atom. The van der Waals surface area contributed by atoms with E-state index in [1.807, 2.05) is 18.2 Å². The van der Waals surface area contributed by atoms with Gasteiger partial charge in [0.05, 0.1) is 36.2 Å². The normalized spacial score (nSPS) is 11.8. The maximum Gasteiger partial charge on any atom is 0.216 e. The second-order valence-corrected chi connectivity index (χ2v) is 25.8. The van der Waals surface area contributed by atoms with Crippen molar-refractivity contribution in [3.63, 3.8) is 0 Å². The van der Waals surface area contributed by atoms with E-state index in [4.69, 9.17) is 14.4 Å². The van der Waals surface area contributed by atoms with Gasteiger partial charge in [-0.25, -0.2) is 4.98 Å². The molecule has 0 N–H and O–H groups in total. The Morgan fingerprint density at radius 1 is 0.657 bits per heavy atom. The van der Waals surface area contributed by atoms with Crippen LogP contribution in [0.25, 0.3) is 83.8 Å². The number of nitrogens with zero attached hydrogens (tertiary/aromatic N) is 4. The minimum absolute atomic E-state index is 0. The van der Waals surface area contributed by atoms with Crippen LogP contribution < -0.4 is 5.19 Å². The maximum absolute atomic E-state index is 6.78. The first-order chi connectivity index (χ1) is 33.1. The van der Waals surface area contributed by atoms with Gasteiger partial charge in [0.25, 0.3) is 0 Å². The van der Waals surface area contributed by atoms with Crippen LogP contribution >= 0.6 is 0 Å². The number of para-hydroxylation sites is 2. The van der Waals surface area contributed by atoms with Gasteiger partial charge in [-0.3, -0.25) is 4.98 Å². The van der Waals surface area contributed by atoms with Crippen molar-refractivity contribution in [2.75, 3.05) is 0 Å². The van der Waals surface area contributed by atoms with Gasteiger partial charge in [0.15, 0.2) is 0 Å². The molecule has 0 unspecified atom stereocenters. The van der Waals surface area contributed by atoms with Gasteiger partial charge >= 0.3 is 0 Å². The molecule has 0 fully saturated rings. The molecule has 7 heteroatoms. The van der Waals surface area contributed by atoms with Crippen LogP contribution in [0, 0.1) is 38.8 Å². The number of fused-ring (bicyclic) bond motifs is 4. The summed E-state index contributed by atoms with van der Waals surface area (Å²) in [6, 6.07) is 53.8. The van der Waals surface area contributed by atoms with Gasteiger partial charge in [0, 0.05) is 42.9 Å². The Bertz CT molecular complexity index is 3420. The van der Waals surface area contributed by atoms with Crippen LogP contribution in [0.4, 0.5) is 0 Å². The van der Waals surface area contributed by atoms with Gasteiger partial charge < -0.3 is 14.0 Å². The molecule has 1 radical (unpaired) electrons. The SMILES string of the molecule is CC(C)Cc1cc(-c2[c-]cccc2)ncc1[Si](C)(C)C.Cc1cccc(C)c1-c1ccc2c(n1)oc1c(-c3nc4ccccc4n3-c3c(C(C)C)cc(-c4ccccc4)cc3C(C)C)[c-]cc(C)c12.[Ir].